The van der Waals surface area contributed by atoms with Crippen molar-refractivity contribution in [1.82, 2.24) is 9.80 Å². The van der Waals surface area contributed by atoms with Crippen LogP contribution in [0.4, 0.5) is 17.6 Å². The molecule has 4 rings (SSSR count). The molecule has 0 spiro atoms. The van der Waals surface area contributed by atoms with E-state index in [1.54, 1.807) is 29.2 Å². The molecule has 5 nitrogen and oxygen atoms in total. The van der Waals surface area contributed by atoms with E-state index in [-0.39, 0.29) is 29.5 Å². The quantitative estimate of drug-likeness (QED) is 0.337. The number of rotatable bonds is 8. The first-order valence-electron chi connectivity index (χ1n) is 12.8. The van der Waals surface area contributed by atoms with E-state index in [0.717, 1.165) is 11.6 Å². The van der Waals surface area contributed by atoms with Crippen LogP contribution in [-0.2, 0) is 12.7 Å². The maximum absolute atomic E-state index is 13.5. The van der Waals surface area contributed by atoms with Gasteiger partial charge in [0.05, 0.1) is 12.7 Å². The van der Waals surface area contributed by atoms with E-state index in [2.05, 4.69) is 4.90 Å². The lowest BCUT2D eigenvalue weighted by atomic mass is 9.87. The van der Waals surface area contributed by atoms with Gasteiger partial charge >= 0.3 is 6.18 Å². The minimum absolute atomic E-state index is 0.0225. The molecular formula is C30H32F4N2O3. The number of halogens is 4. The van der Waals surface area contributed by atoms with Crippen LogP contribution < -0.4 is 4.74 Å². The maximum atomic E-state index is 13.5. The van der Waals surface area contributed by atoms with Gasteiger partial charge in [-0.05, 0) is 73.4 Å². The molecule has 39 heavy (non-hydrogen) atoms. The molecule has 0 aromatic heterocycles. The van der Waals surface area contributed by atoms with Crippen LogP contribution >= 0.6 is 0 Å². The number of aromatic hydroxyl groups is 1. The number of hydrogen-bond donors (Lipinski definition) is 1. The van der Waals surface area contributed by atoms with Crippen molar-refractivity contribution in [2.24, 2.45) is 5.92 Å². The van der Waals surface area contributed by atoms with Crippen LogP contribution in [0.1, 0.15) is 46.8 Å². The first-order chi connectivity index (χ1) is 18.5. The van der Waals surface area contributed by atoms with E-state index in [1.165, 1.54) is 43.5 Å². The van der Waals surface area contributed by atoms with Crippen molar-refractivity contribution in [2.75, 3.05) is 26.7 Å². The van der Waals surface area contributed by atoms with E-state index >= 15 is 0 Å². The molecule has 1 aliphatic heterocycles. The van der Waals surface area contributed by atoms with Crippen LogP contribution in [-0.4, -0.2) is 53.6 Å². The summed E-state index contributed by atoms with van der Waals surface area (Å²) in [7, 11) is 1.47. The third kappa shape index (κ3) is 6.71. The number of methoxy groups -OCH3 is 1. The topological polar surface area (TPSA) is 53.0 Å². The number of alkyl halides is 3. The van der Waals surface area contributed by atoms with Gasteiger partial charge in [0.2, 0.25) is 0 Å². The molecule has 1 fully saturated rings. The molecule has 1 amide bonds. The van der Waals surface area contributed by atoms with E-state index < -0.39 is 17.6 Å². The van der Waals surface area contributed by atoms with Gasteiger partial charge in [-0.25, -0.2) is 4.39 Å². The highest BCUT2D eigenvalue weighted by molar-refractivity contribution is 5.94. The molecule has 208 valence electrons. The number of carbonyl (C=O) groups is 1. The monoisotopic (exact) mass is 544 g/mol. The Morgan fingerprint density at radius 2 is 1.79 bits per heavy atom. The van der Waals surface area contributed by atoms with Gasteiger partial charge in [0, 0.05) is 43.7 Å². The molecule has 3 aromatic carbocycles. The number of benzene rings is 3. The summed E-state index contributed by atoms with van der Waals surface area (Å²) < 4.78 is 59.3. The summed E-state index contributed by atoms with van der Waals surface area (Å²) in [6.07, 6.45) is -4.46. The zero-order chi connectivity index (χ0) is 28.3. The van der Waals surface area contributed by atoms with Gasteiger partial charge in [-0.15, -0.1) is 0 Å². The first kappa shape index (κ1) is 28.4. The average molecular weight is 545 g/mol. The molecule has 0 aliphatic carbocycles. The fraction of sp³-hybridized carbons (Fsp3) is 0.367. The second kappa shape index (κ2) is 11.7. The molecule has 1 heterocycles. The Bertz CT molecular complexity index is 1290. The zero-order valence-corrected chi connectivity index (χ0v) is 22.1. The van der Waals surface area contributed by atoms with Crippen molar-refractivity contribution in [3.05, 3.63) is 94.8 Å². The summed E-state index contributed by atoms with van der Waals surface area (Å²) in [5, 5.41) is 9.94. The summed E-state index contributed by atoms with van der Waals surface area (Å²) in [6, 6.07) is 15.6. The number of ether oxygens (including phenoxy) is 1. The number of amides is 1. The predicted molar refractivity (Wildman–Crippen MR) is 140 cm³/mol. The van der Waals surface area contributed by atoms with E-state index in [9.17, 15) is 27.5 Å². The highest BCUT2D eigenvalue weighted by Gasteiger charge is 2.38. The summed E-state index contributed by atoms with van der Waals surface area (Å²) in [5.74, 6) is -0.741. The lowest BCUT2D eigenvalue weighted by Crippen LogP contribution is -2.42. The maximum Gasteiger partial charge on any atom is 0.416 e. The highest BCUT2D eigenvalue weighted by Crippen LogP contribution is 2.38. The van der Waals surface area contributed by atoms with Crippen molar-refractivity contribution in [1.29, 1.82) is 0 Å². The van der Waals surface area contributed by atoms with E-state index in [4.69, 9.17) is 4.74 Å². The number of phenolic OH excluding ortho intramolecular Hbond substituents is 1. The van der Waals surface area contributed by atoms with Crippen LogP contribution in [0.3, 0.4) is 0 Å². The zero-order valence-electron chi connectivity index (χ0n) is 22.1. The van der Waals surface area contributed by atoms with E-state index in [1.807, 2.05) is 13.8 Å². The summed E-state index contributed by atoms with van der Waals surface area (Å²) in [5.41, 5.74) is 1.10. The van der Waals surface area contributed by atoms with Gasteiger partial charge in [0.25, 0.3) is 5.91 Å². The SMILES string of the molecule is COc1cc(CN2C[C@H](CN(C(=O)c3ccc(F)cc3)C(C)C)[C@@H](c3cccc(C(F)(F)F)c3)C2)ccc1O. The van der Waals surface area contributed by atoms with Crippen LogP contribution in [0.15, 0.2) is 66.7 Å². The van der Waals surface area contributed by atoms with Crippen LogP contribution in [0, 0.1) is 11.7 Å². The highest BCUT2D eigenvalue weighted by atomic mass is 19.4. The Morgan fingerprint density at radius 1 is 1.08 bits per heavy atom. The largest absolute Gasteiger partial charge is 0.504 e. The fourth-order valence-corrected chi connectivity index (χ4v) is 5.22. The number of hydrogen-bond acceptors (Lipinski definition) is 4. The van der Waals surface area contributed by atoms with Crippen molar-refractivity contribution in [3.8, 4) is 11.5 Å². The molecule has 0 radical (unpaired) electrons. The minimum atomic E-state index is -4.46. The number of likely N-dealkylation sites (tertiary alicyclic amines) is 1. The van der Waals surface area contributed by atoms with Crippen molar-refractivity contribution in [2.45, 2.75) is 38.5 Å². The lowest BCUT2D eigenvalue weighted by molar-refractivity contribution is -0.137. The Morgan fingerprint density at radius 3 is 2.44 bits per heavy atom. The number of nitrogens with zero attached hydrogens (tertiary/aromatic N) is 2. The van der Waals surface area contributed by atoms with Crippen LogP contribution in [0.5, 0.6) is 11.5 Å². The standard InChI is InChI=1S/C30H32F4N2O3/c1-19(2)36(29(38)21-8-10-25(31)11-9-21)17-23-16-35(15-20-7-12-27(37)28(13-20)39-3)18-26(23)22-5-4-6-24(14-22)30(32,33)34/h4-14,19,23,26,37H,15-18H2,1-3H3/t23-,26-/m1/s1. The van der Waals surface area contributed by atoms with Crippen LogP contribution in [0.25, 0.3) is 0 Å². The average Bonchev–Trinajstić information content (AvgIpc) is 3.30. The van der Waals surface area contributed by atoms with Gasteiger partial charge in [-0.2, -0.15) is 13.2 Å². The van der Waals surface area contributed by atoms with Gasteiger partial charge in [0.1, 0.15) is 5.82 Å². The van der Waals surface area contributed by atoms with Crippen molar-refractivity contribution in [3.63, 3.8) is 0 Å². The molecule has 1 saturated heterocycles. The molecule has 1 N–H and O–H groups in total. The smallest absolute Gasteiger partial charge is 0.416 e. The summed E-state index contributed by atoms with van der Waals surface area (Å²) in [4.78, 5) is 17.2. The van der Waals surface area contributed by atoms with Crippen molar-refractivity contribution < 1.29 is 32.2 Å². The predicted octanol–water partition coefficient (Wildman–Crippen LogP) is 6.33. The molecule has 0 unspecified atom stereocenters. The normalized spacial score (nSPS) is 17.9. The van der Waals surface area contributed by atoms with Crippen molar-refractivity contribution >= 4 is 5.91 Å². The molecule has 3 aromatic rings. The Hall–Kier alpha value is -3.59. The number of phenols is 1. The van der Waals surface area contributed by atoms with Gasteiger partial charge in [-0.3, -0.25) is 9.69 Å². The first-order valence-corrected chi connectivity index (χ1v) is 12.8. The molecule has 0 saturated carbocycles. The summed E-state index contributed by atoms with van der Waals surface area (Å²) >= 11 is 0. The molecule has 2 atom stereocenters. The second-order valence-corrected chi connectivity index (χ2v) is 10.2. The third-order valence-electron chi connectivity index (χ3n) is 7.22. The van der Waals surface area contributed by atoms with Gasteiger partial charge < -0.3 is 14.7 Å². The van der Waals surface area contributed by atoms with E-state index in [0.29, 0.717) is 43.1 Å². The molecule has 1 aliphatic rings. The summed E-state index contributed by atoms with van der Waals surface area (Å²) in [6.45, 7) is 5.63. The lowest BCUT2D eigenvalue weighted by Gasteiger charge is -2.32. The van der Waals surface area contributed by atoms with Gasteiger partial charge in [0.15, 0.2) is 11.5 Å². The Balaban J connectivity index is 1.63. The Labute approximate surface area is 225 Å². The minimum Gasteiger partial charge on any atom is -0.504 e. The molecular weight excluding hydrogens is 512 g/mol. The van der Waals surface area contributed by atoms with Gasteiger partial charge in [-0.1, -0.05) is 24.3 Å². The third-order valence-corrected chi connectivity index (χ3v) is 7.22. The second-order valence-electron chi connectivity index (χ2n) is 10.2. The number of carbonyl (C=O) groups excluding carboxylic acids is 1. The molecule has 9 heteroatoms. The molecule has 0 bridgehead atoms. The fourth-order valence-electron chi connectivity index (χ4n) is 5.22. The van der Waals surface area contributed by atoms with Crippen LogP contribution in [0.2, 0.25) is 0 Å². The Kier molecular flexibility index (Phi) is 8.49.